The molecule has 5 nitrogen and oxygen atoms in total. The highest BCUT2D eigenvalue weighted by molar-refractivity contribution is 5.81. The molecule has 0 radical (unpaired) electrons. The third kappa shape index (κ3) is 4.38. The van der Waals surface area contributed by atoms with Gasteiger partial charge in [-0.3, -0.25) is 14.5 Å². The Hall–Kier alpha value is -2.66. The van der Waals surface area contributed by atoms with Crippen molar-refractivity contribution in [3.8, 4) is 0 Å². The van der Waals surface area contributed by atoms with Crippen molar-refractivity contribution in [2.45, 2.75) is 52.2 Å². The van der Waals surface area contributed by atoms with Crippen LogP contribution in [0.1, 0.15) is 49.9 Å². The van der Waals surface area contributed by atoms with Gasteiger partial charge in [0.15, 0.2) is 0 Å². The van der Waals surface area contributed by atoms with E-state index in [2.05, 4.69) is 58.0 Å². The molecule has 2 amide bonds. The molecule has 0 saturated carbocycles. The van der Waals surface area contributed by atoms with Crippen LogP contribution in [0.3, 0.4) is 0 Å². The second kappa shape index (κ2) is 8.83. The smallest absolute Gasteiger partial charge is 0.225 e. The van der Waals surface area contributed by atoms with Crippen LogP contribution in [0.4, 0.5) is 0 Å². The second-order valence-corrected chi connectivity index (χ2v) is 9.44. The van der Waals surface area contributed by atoms with Crippen LogP contribution in [0.25, 0.3) is 0 Å². The maximum atomic E-state index is 13.4. The minimum Gasteiger partial charge on any atom is -0.354 e. The van der Waals surface area contributed by atoms with Crippen molar-refractivity contribution in [1.82, 2.24) is 15.5 Å². The maximum absolute atomic E-state index is 13.4. The summed E-state index contributed by atoms with van der Waals surface area (Å²) in [5, 5.41) is 6.41. The number of amides is 2. The molecule has 0 aromatic heterocycles. The fraction of sp³-hybridized carbons (Fsp3) is 0.462. The topological polar surface area (TPSA) is 61.4 Å². The predicted octanol–water partition coefficient (Wildman–Crippen LogP) is 3.45. The standard InChI is InChI=1S/C26H33N3O2/c1-18(2)27-25(31)23-16-29(15-20-9-5-4-6-10-20)17-26(23)14-13-21-11-7-8-12-22(21)24(26)28-19(3)30/h4-12,18,23-24H,13-17H2,1-3H3,(H,27,31)(H,28,30)/t23-,24-,26-/m0/s1. The van der Waals surface area contributed by atoms with Crippen molar-refractivity contribution in [2.75, 3.05) is 13.1 Å². The van der Waals surface area contributed by atoms with Crippen molar-refractivity contribution in [3.63, 3.8) is 0 Å². The number of hydrogen-bond donors (Lipinski definition) is 2. The molecule has 2 aromatic carbocycles. The first-order chi connectivity index (χ1) is 14.9. The van der Waals surface area contributed by atoms with E-state index in [1.165, 1.54) is 11.1 Å². The zero-order valence-electron chi connectivity index (χ0n) is 18.7. The SMILES string of the molecule is CC(=O)N[C@H]1c2ccccc2CC[C@@]12CN(Cc1ccccc1)C[C@H]2C(=O)NC(C)C. The molecule has 31 heavy (non-hydrogen) atoms. The van der Waals surface area contributed by atoms with Gasteiger partial charge >= 0.3 is 0 Å². The molecular weight excluding hydrogens is 386 g/mol. The Morgan fingerprint density at radius 3 is 2.52 bits per heavy atom. The zero-order chi connectivity index (χ0) is 22.0. The zero-order valence-corrected chi connectivity index (χ0v) is 18.7. The van der Waals surface area contributed by atoms with E-state index in [1.807, 2.05) is 26.0 Å². The monoisotopic (exact) mass is 419 g/mol. The van der Waals surface area contributed by atoms with Gasteiger partial charge < -0.3 is 10.6 Å². The summed E-state index contributed by atoms with van der Waals surface area (Å²) in [6, 6.07) is 18.7. The van der Waals surface area contributed by atoms with Gasteiger partial charge in [0.25, 0.3) is 0 Å². The Morgan fingerprint density at radius 2 is 1.81 bits per heavy atom. The van der Waals surface area contributed by atoms with Gasteiger partial charge in [0.05, 0.1) is 12.0 Å². The Balaban J connectivity index is 1.73. The lowest BCUT2D eigenvalue weighted by Gasteiger charge is -2.46. The van der Waals surface area contributed by atoms with E-state index in [0.717, 1.165) is 31.5 Å². The van der Waals surface area contributed by atoms with Crippen molar-refractivity contribution < 1.29 is 9.59 Å². The van der Waals surface area contributed by atoms with Crippen molar-refractivity contribution in [1.29, 1.82) is 0 Å². The molecule has 1 fully saturated rings. The summed E-state index contributed by atoms with van der Waals surface area (Å²) in [4.78, 5) is 28.1. The molecule has 2 N–H and O–H groups in total. The van der Waals surface area contributed by atoms with Crippen LogP contribution in [0.2, 0.25) is 0 Å². The number of fused-ring (bicyclic) bond motifs is 1. The number of nitrogens with zero attached hydrogens (tertiary/aromatic N) is 1. The fourth-order valence-corrected chi connectivity index (χ4v) is 5.56. The number of benzene rings is 2. The second-order valence-electron chi connectivity index (χ2n) is 9.44. The molecule has 4 rings (SSSR count). The Kier molecular flexibility index (Phi) is 6.15. The van der Waals surface area contributed by atoms with Crippen LogP contribution in [-0.2, 0) is 22.6 Å². The third-order valence-electron chi connectivity index (χ3n) is 6.80. The first kappa shape index (κ1) is 21.6. The van der Waals surface area contributed by atoms with E-state index < -0.39 is 0 Å². The minimum atomic E-state index is -0.326. The highest BCUT2D eigenvalue weighted by Gasteiger charge is 2.56. The number of aryl methyl sites for hydroxylation is 1. The Morgan fingerprint density at radius 1 is 1.10 bits per heavy atom. The number of likely N-dealkylation sites (tertiary alicyclic amines) is 1. The largest absolute Gasteiger partial charge is 0.354 e. The molecule has 1 spiro atoms. The quantitative estimate of drug-likeness (QED) is 0.780. The summed E-state index contributed by atoms with van der Waals surface area (Å²) >= 11 is 0. The number of rotatable bonds is 5. The number of nitrogens with one attached hydrogen (secondary N) is 2. The molecule has 1 aliphatic heterocycles. The molecule has 5 heteroatoms. The molecule has 3 atom stereocenters. The van der Waals surface area contributed by atoms with E-state index in [0.29, 0.717) is 6.54 Å². The molecule has 0 unspecified atom stereocenters. The van der Waals surface area contributed by atoms with Gasteiger partial charge in [-0.1, -0.05) is 54.6 Å². The summed E-state index contributed by atoms with van der Waals surface area (Å²) in [6.45, 7) is 7.88. The number of carbonyl (C=O) groups is 2. The van der Waals surface area contributed by atoms with Crippen molar-refractivity contribution >= 4 is 11.8 Å². The van der Waals surface area contributed by atoms with E-state index >= 15 is 0 Å². The average molecular weight is 420 g/mol. The molecule has 164 valence electrons. The summed E-state index contributed by atoms with van der Waals surface area (Å²) in [5.74, 6) is -0.130. The maximum Gasteiger partial charge on any atom is 0.225 e. The van der Waals surface area contributed by atoms with Gasteiger partial charge in [-0.15, -0.1) is 0 Å². The van der Waals surface area contributed by atoms with Gasteiger partial charge in [0, 0.05) is 38.0 Å². The molecule has 1 saturated heterocycles. The van der Waals surface area contributed by atoms with E-state index in [-0.39, 0.29) is 35.2 Å². The van der Waals surface area contributed by atoms with Crippen LogP contribution in [0, 0.1) is 11.3 Å². The van der Waals surface area contributed by atoms with E-state index in [4.69, 9.17) is 0 Å². The first-order valence-corrected chi connectivity index (χ1v) is 11.3. The highest BCUT2D eigenvalue weighted by Crippen LogP contribution is 2.53. The lowest BCUT2D eigenvalue weighted by atomic mass is 9.62. The number of hydrogen-bond acceptors (Lipinski definition) is 3. The summed E-state index contributed by atoms with van der Waals surface area (Å²) in [7, 11) is 0. The molecule has 0 bridgehead atoms. The lowest BCUT2D eigenvalue weighted by molar-refractivity contribution is -0.131. The van der Waals surface area contributed by atoms with Gasteiger partial charge in [-0.2, -0.15) is 0 Å². The lowest BCUT2D eigenvalue weighted by Crippen LogP contribution is -2.52. The third-order valence-corrected chi connectivity index (χ3v) is 6.80. The first-order valence-electron chi connectivity index (χ1n) is 11.3. The van der Waals surface area contributed by atoms with Gasteiger partial charge in [0.2, 0.25) is 11.8 Å². The number of carbonyl (C=O) groups excluding carboxylic acids is 2. The van der Waals surface area contributed by atoms with Crippen molar-refractivity contribution in [3.05, 3.63) is 71.3 Å². The van der Waals surface area contributed by atoms with E-state index in [9.17, 15) is 9.59 Å². The van der Waals surface area contributed by atoms with Crippen LogP contribution >= 0.6 is 0 Å². The summed E-state index contributed by atoms with van der Waals surface area (Å²) in [5.41, 5.74) is 3.35. The van der Waals surface area contributed by atoms with Gasteiger partial charge in [-0.05, 0) is 43.4 Å². The molecular formula is C26H33N3O2. The Labute approximate surface area is 185 Å². The Bertz CT molecular complexity index is 943. The van der Waals surface area contributed by atoms with Crippen LogP contribution < -0.4 is 10.6 Å². The van der Waals surface area contributed by atoms with Crippen LogP contribution in [0.15, 0.2) is 54.6 Å². The summed E-state index contributed by atoms with van der Waals surface area (Å²) < 4.78 is 0. The summed E-state index contributed by atoms with van der Waals surface area (Å²) in [6.07, 6.45) is 1.81. The molecule has 1 heterocycles. The van der Waals surface area contributed by atoms with Crippen LogP contribution in [0.5, 0.6) is 0 Å². The van der Waals surface area contributed by atoms with Crippen LogP contribution in [-0.4, -0.2) is 35.8 Å². The predicted molar refractivity (Wildman–Crippen MR) is 122 cm³/mol. The van der Waals surface area contributed by atoms with Crippen molar-refractivity contribution in [2.24, 2.45) is 11.3 Å². The highest BCUT2D eigenvalue weighted by atomic mass is 16.2. The minimum absolute atomic E-state index is 0.0504. The van der Waals surface area contributed by atoms with Gasteiger partial charge in [-0.25, -0.2) is 0 Å². The average Bonchev–Trinajstić information content (AvgIpc) is 3.09. The fourth-order valence-electron chi connectivity index (χ4n) is 5.56. The van der Waals surface area contributed by atoms with E-state index in [1.54, 1.807) is 6.92 Å². The normalized spacial score (nSPS) is 25.4. The molecule has 2 aliphatic rings. The molecule has 2 aromatic rings. The van der Waals surface area contributed by atoms with Gasteiger partial charge in [0.1, 0.15) is 0 Å². The molecule has 1 aliphatic carbocycles.